The first-order valence-corrected chi connectivity index (χ1v) is 7.18. The van der Waals surface area contributed by atoms with Crippen LogP contribution in [0.25, 0.3) is 0 Å². The summed E-state index contributed by atoms with van der Waals surface area (Å²) in [6.07, 6.45) is 0.782. The SMILES string of the molecule is COc1cc(C)c(C)cc1C(CN)Cc1cccc(O)c1. The zero-order valence-electron chi connectivity index (χ0n) is 12.9. The molecule has 2 rings (SSSR count). The van der Waals surface area contributed by atoms with E-state index in [4.69, 9.17) is 10.5 Å². The first kappa shape index (κ1) is 15.4. The molecule has 0 spiro atoms. The predicted molar refractivity (Wildman–Crippen MR) is 86.1 cm³/mol. The van der Waals surface area contributed by atoms with Gasteiger partial charge in [0.25, 0.3) is 0 Å². The van der Waals surface area contributed by atoms with Crippen molar-refractivity contribution >= 4 is 0 Å². The van der Waals surface area contributed by atoms with E-state index < -0.39 is 0 Å². The minimum atomic E-state index is 0.168. The smallest absolute Gasteiger partial charge is 0.122 e. The molecule has 3 N–H and O–H groups in total. The lowest BCUT2D eigenvalue weighted by molar-refractivity contribution is 0.404. The van der Waals surface area contributed by atoms with Crippen LogP contribution in [0.15, 0.2) is 36.4 Å². The Hall–Kier alpha value is -2.00. The Morgan fingerprint density at radius 1 is 1.14 bits per heavy atom. The lowest BCUT2D eigenvalue weighted by Gasteiger charge is -2.20. The Bertz CT molecular complexity index is 623. The Labute approximate surface area is 126 Å². The highest BCUT2D eigenvalue weighted by Crippen LogP contribution is 2.32. The third-order valence-corrected chi connectivity index (χ3v) is 3.96. The number of aryl methyl sites for hydroxylation is 2. The zero-order chi connectivity index (χ0) is 15.4. The van der Waals surface area contributed by atoms with Gasteiger partial charge < -0.3 is 15.6 Å². The maximum absolute atomic E-state index is 9.59. The molecule has 2 aromatic rings. The number of phenolic OH excluding ortho intramolecular Hbond substituents is 1. The second-order valence-corrected chi connectivity index (χ2v) is 5.49. The maximum Gasteiger partial charge on any atom is 0.122 e. The molecule has 21 heavy (non-hydrogen) atoms. The first-order valence-electron chi connectivity index (χ1n) is 7.18. The van der Waals surface area contributed by atoms with Gasteiger partial charge in [0.05, 0.1) is 7.11 Å². The van der Waals surface area contributed by atoms with E-state index in [0.717, 1.165) is 23.3 Å². The van der Waals surface area contributed by atoms with Crippen molar-refractivity contribution in [2.45, 2.75) is 26.2 Å². The van der Waals surface area contributed by atoms with Crippen molar-refractivity contribution in [1.82, 2.24) is 0 Å². The Morgan fingerprint density at radius 2 is 1.86 bits per heavy atom. The number of ether oxygens (including phenoxy) is 1. The summed E-state index contributed by atoms with van der Waals surface area (Å²) < 4.78 is 5.52. The topological polar surface area (TPSA) is 55.5 Å². The van der Waals surface area contributed by atoms with Gasteiger partial charge in [-0.25, -0.2) is 0 Å². The van der Waals surface area contributed by atoms with Crippen LogP contribution in [0.2, 0.25) is 0 Å². The fourth-order valence-corrected chi connectivity index (χ4v) is 2.60. The second kappa shape index (κ2) is 6.64. The number of benzene rings is 2. The molecular formula is C18H23NO2. The van der Waals surface area contributed by atoms with E-state index >= 15 is 0 Å². The van der Waals surface area contributed by atoms with Gasteiger partial charge in [-0.1, -0.05) is 18.2 Å². The van der Waals surface area contributed by atoms with E-state index in [-0.39, 0.29) is 11.7 Å². The van der Waals surface area contributed by atoms with E-state index in [2.05, 4.69) is 26.0 Å². The van der Waals surface area contributed by atoms with Crippen LogP contribution in [0.1, 0.15) is 28.2 Å². The Kier molecular flexibility index (Phi) is 4.86. The standard InChI is InChI=1S/C18H23NO2/c1-12-7-17(18(21-3)8-13(12)2)15(11-19)9-14-5-4-6-16(20)10-14/h4-8,10,15,20H,9,11,19H2,1-3H3. The summed E-state index contributed by atoms with van der Waals surface area (Å²) in [5.74, 6) is 1.34. The highest BCUT2D eigenvalue weighted by molar-refractivity contribution is 5.44. The van der Waals surface area contributed by atoms with Crippen molar-refractivity contribution in [1.29, 1.82) is 0 Å². The minimum Gasteiger partial charge on any atom is -0.508 e. The van der Waals surface area contributed by atoms with E-state index in [0.29, 0.717) is 6.54 Å². The normalized spacial score (nSPS) is 12.2. The summed E-state index contributed by atoms with van der Waals surface area (Å²) in [7, 11) is 1.69. The molecule has 0 bridgehead atoms. The van der Waals surface area contributed by atoms with Gasteiger partial charge in [0.15, 0.2) is 0 Å². The Balaban J connectivity index is 2.35. The summed E-state index contributed by atoms with van der Waals surface area (Å²) in [6.45, 7) is 4.71. The quantitative estimate of drug-likeness (QED) is 0.886. The third-order valence-electron chi connectivity index (χ3n) is 3.96. The summed E-state index contributed by atoms with van der Waals surface area (Å²) in [4.78, 5) is 0. The molecule has 2 aromatic carbocycles. The van der Waals surface area contributed by atoms with Gasteiger partial charge in [-0.15, -0.1) is 0 Å². The summed E-state index contributed by atoms with van der Waals surface area (Å²) in [5, 5.41) is 9.59. The van der Waals surface area contributed by atoms with Crippen molar-refractivity contribution in [2.24, 2.45) is 5.73 Å². The molecule has 0 amide bonds. The number of methoxy groups -OCH3 is 1. The van der Waals surface area contributed by atoms with Crippen LogP contribution in [0.4, 0.5) is 0 Å². The Morgan fingerprint density at radius 3 is 2.48 bits per heavy atom. The molecule has 0 heterocycles. The molecule has 0 fully saturated rings. The molecule has 0 saturated carbocycles. The number of aromatic hydroxyl groups is 1. The van der Waals surface area contributed by atoms with Gasteiger partial charge in [-0.3, -0.25) is 0 Å². The van der Waals surface area contributed by atoms with E-state index in [1.54, 1.807) is 19.2 Å². The highest BCUT2D eigenvalue weighted by Gasteiger charge is 2.17. The lowest BCUT2D eigenvalue weighted by Crippen LogP contribution is -2.16. The molecule has 1 atom stereocenters. The summed E-state index contributed by atoms with van der Waals surface area (Å²) in [5.41, 5.74) is 10.6. The molecule has 0 saturated heterocycles. The largest absolute Gasteiger partial charge is 0.508 e. The van der Waals surface area contributed by atoms with E-state index in [9.17, 15) is 5.11 Å². The van der Waals surface area contributed by atoms with Crippen LogP contribution in [-0.4, -0.2) is 18.8 Å². The molecule has 0 aliphatic heterocycles. The average molecular weight is 285 g/mol. The molecule has 112 valence electrons. The van der Waals surface area contributed by atoms with Crippen molar-refractivity contribution in [2.75, 3.05) is 13.7 Å². The first-order chi connectivity index (χ1) is 10.0. The van der Waals surface area contributed by atoms with Crippen LogP contribution in [0, 0.1) is 13.8 Å². The third kappa shape index (κ3) is 3.56. The monoisotopic (exact) mass is 285 g/mol. The van der Waals surface area contributed by atoms with Crippen molar-refractivity contribution in [3.8, 4) is 11.5 Å². The zero-order valence-corrected chi connectivity index (χ0v) is 12.9. The molecule has 0 aliphatic carbocycles. The minimum absolute atomic E-state index is 0.168. The van der Waals surface area contributed by atoms with E-state index in [1.807, 2.05) is 12.1 Å². The fourth-order valence-electron chi connectivity index (χ4n) is 2.60. The van der Waals surface area contributed by atoms with Crippen LogP contribution in [-0.2, 0) is 6.42 Å². The molecular weight excluding hydrogens is 262 g/mol. The van der Waals surface area contributed by atoms with Crippen molar-refractivity contribution < 1.29 is 9.84 Å². The average Bonchev–Trinajstić information content (AvgIpc) is 2.47. The van der Waals surface area contributed by atoms with Crippen LogP contribution < -0.4 is 10.5 Å². The van der Waals surface area contributed by atoms with Gasteiger partial charge >= 0.3 is 0 Å². The molecule has 3 heteroatoms. The van der Waals surface area contributed by atoms with Crippen LogP contribution >= 0.6 is 0 Å². The molecule has 0 aromatic heterocycles. The fraction of sp³-hybridized carbons (Fsp3) is 0.333. The van der Waals surface area contributed by atoms with Crippen molar-refractivity contribution in [3.05, 3.63) is 58.7 Å². The predicted octanol–water partition coefficient (Wildman–Crippen LogP) is 3.30. The number of nitrogens with two attached hydrogens (primary N) is 1. The van der Waals surface area contributed by atoms with Gasteiger partial charge in [0, 0.05) is 5.92 Å². The van der Waals surface area contributed by atoms with Gasteiger partial charge in [-0.05, 0) is 67.3 Å². The van der Waals surface area contributed by atoms with E-state index in [1.165, 1.54) is 11.1 Å². The molecule has 0 radical (unpaired) electrons. The van der Waals surface area contributed by atoms with Crippen LogP contribution in [0.5, 0.6) is 11.5 Å². The van der Waals surface area contributed by atoms with Crippen molar-refractivity contribution in [3.63, 3.8) is 0 Å². The number of phenols is 1. The van der Waals surface area contributed by atoms with Gasteiger partial charge in [0.2, 0.25) is 0 Å². The van der Waals surface area contributed by atoms with Gasteiger partial charge in [-0.2, -0.15) is 0 Å². The maximum atomic E-state index is 9.59. The highest BCUT2D eigenvalue weighted by atomic mass is 16.5. The number of rotatable bonds is 5. The number of hydrogen-bond donors (Lipinski definition) is 2. The van der Waals surface area contributed by atoms with Crippen LogP contribution in [0.3, 0.4) is 0 Å². The lowest BCUT2D eigenvalue weighted by atomic mass is 9.89. The second-order valence-electron chi connectivity index (χ2n) is 5.49. The van der Waals surface area contributed by atoms with Gasteiger partial charge in [0.1, 0.15) is 11.5 Å². The molecule has 0 aliphatic rings. The summed E-state index contributed by atoms with van der Waals surface area (Å²) in [6, 6.07) is 11.6. The summed E-state index contributed by atoms with van der Waals surface area (Å²) >= 11 is 0. The number of hydrogen-bond acceptors (Lipinski definition) is 3. The molecule has 3 nitrogen and oxygen atoms in total. The molecule has 1 unspecified atom stereocenters.